The Balaban J connectivity index is 0.000000258. The van der Waals surface area contributed by atoms with Gasteiger partial charge in [-0.2, -0.15) is 6.67 Å². The van der Waals surface area contributed by atoms with E-state index in [9.17, 15) is 8.42 Å². The number of benzene rings is 3. The van der Waals surface area contributed by atoms with Crippen LogP contribution in [0.2, 0.25) is 0 Å². The van der Waals surface area contributed by atoms with Crippen LogP contribution in [-0.2, 0) is 29.9 Å². The molecule has 232 valence electrons. The fraction of sp³-hybridized carbons (Fsp3) is 0.355. The SMILES string of the molecule is CSN1[CH-]N(c2c(C)cc(C)cc2C)CC1.C[OH+]c1ccccc1NCc1ccc(S(=O)(=O)C(C)C)cc1[CH]=[Ru]([Cl])[Cl]. The Kier molecular flexibility index (Phi) is 13.2. The number of nitrogens with zero attached hydrogens (tertiary/aromatic N) is 2. The van der Waals surface area contributed by atoms with Gasteiger partial charge in [0.1, 0.15) is 0 Å². The molecule has 0 unspecified atom stereocenters. The van der Waals surface area contributed by atoms with E-state index in [0.717, 1.165) is 35.7 Å². The Hall–Kier alpha value is -1.61. The number of hydrogen-bond donors (Lipinski definition) is 1. The van der Waals surface area contributed by atoms with Crippen LogP contribution in [0.5, 0.6) is 5.75 Å². The third kappa shape index (κ3) is 9.20. The second-order valence-corrected chi connectivity index (χ2v) is 19.3. The van der Waals surface area contributed by atoms with E-state index >= 15 is 0 Å². The summed E-state index contributed by atoms with van der Waals surface area (Å²) in [5.74, 6) is 0.860. The van der Waals surface area contributed by atoms with E-state index in [4.69, 9.17) is 19.4 Å². The first-order valence-electron chi connectivity index (χ1n) is 13.5. The molecular formula is C31H41Cl2N3O3RuS2. The van der Waals surface area contributed by atoms with Crippen molar-refractivity contribution in [2.24, 2.45) is 0 Å². The third-order valence-electron chi connectivity index (χ3n) is 6.85. The van der Waals surface area contributed by atoms with Crippen LogP contribution in [0.1, 0.15) is 41.7 Å². The molecule has 3 aromatic carbocycles. The molecule has 0 amide bonds. The third-order valence-corrected chi connectivity index (χ3v) is 11.6. The van der Waals surface area contributed by atoms with Crippen molar-refractivity contribution >= 4 is 57.2 Å². The minimum absolute atomic E-state index is 0.287. The average molecular weight is 740 g/mol. The Bertz CT molecular complexity index is 1490. The number of ether oxygens (including phenoxy) is 1. The van der Waals surface area contributed by atoms with Crippen LogP contribution in [0.3, 0.4) is 0 Å². The van der Waals surface area contributed by atoms with Crippen molar-refractivity contribution in [2.75, 3.05) is 36.7 Å². The predicted octanol–water partition coefficient (Wildman–Crippen LogP) is 7.56. The normalized spacial score (nSPS) is 14.0. The van der Waals surface area contributed by atoms with Crippen molar-refractivity contribution in [3.63, 3.8) is 0 Å². The molecule has 3 aromatic rings. The zero-order valence-corrected chi connectivity index (χ0v) is 30.0. The molecule has 1 fully saturated rings. The van der Waals surface area contributed by atoms with Gasteiger partial charge in [0, 0.05) is 12.2 Å². The van der Waals surface area contributed by atoms with Crippen LogP contribution in [0.15, 0.2) is 59.5 Å². The van der Waals surface area contributed by atoms with Gasteiger partial charge in [-0.25, -0.2) is 0 Å². The van der Waals surface area contributed by atoms with E-state index in [2.05, 4.69) is 65.1 Å². The maximum atomic E-state index is 12.4. The van der Waals surface area contributed by atoms with Gasteiger partial charge in [-0.05, 0) is 44.7 Å². The zero-order chi connectivity index (χ0) is 31.0. The van der Waals surface area contributed by atoms with Crippen LogP contribution in [0.25, 0.3) is 0 Å². The van der Waals surface area contributed by atoms with Crippen molar-refractivity contribution in [3.05, 3.63) is 89.1 Å². The van der Waals surface area contributed by atoms with E-state index in [-0.39, 0.29) is 4.90 Å². The van der Waals surface area contributed by atoms with Crippen molar-refractivity contribution in [3.8, 4) is 5.75 Å². The summed E-state index contributed by atoms with van der Waals surface area (Å²) in [6.07, 6.45) is 2.12. The number of nitrogens with one attached hydrogen (secondary N) is 1. The standard InChI is InChI=1S/C18H21NO3S.C13H19N2S.2ClH.Ru/c1-13(2)23(20,21)16-10-9-15(14(3)11-16)12-19-17-7-5-6-8-18(17)22-4;1-10-7-11(2)13(12(3)8-10)14-5-6-15(9-14)16-4;;;/h3,5-11,13,19H,12H2,1-2,4H3;7-9H,5-6H2,1-4H3;2*1H;/q;-1;;;+2/p-1. The van der Waals surface area contributed by atoms with Crippen molar-refractivity contribution in [1.29, 1.82) is 0 Å². The number of aryl methyl sites for hydroxylation is 3. The quantitative estimate of drug-likeness (QED) is 0.0804. The number of hydrogen-bond acceptors (Lipinski definition) is 6. The molecule has 0 spiro atoms. The number of para-hydroxylation sites is 2. The minimum atomic E-state index is -3.36. The molecule has 0 radical (unpaired) electrons. The fourth-order valence-electron chi connectivity index (χ4n) is 4.78. The van der Waals surface area contributed by atoms with Crippen LogP contribution in [0.4, 0.5) is 11.4 Å². The van der Waals surface area contributed by atoms with E-state index in [0.29, 0.717) is 6.54 Å². The molecular weight excluding hydrogens is 698 g/mol. The van der Waals surface area contributed by atoms with Gasteiger partial charge in [0.05, 0.1) is 0 Å². The zero-order valence-electron chi connectivity index (χ0n) is 25.1. The summed E-state index contributed by atoms with van der Waals surface area (Å²) in [6.45, 7) is 14.8. The maximum absolute atomic E-state index is 12.4. The van der Waals surface area contributed by atoms with Crippen LogP contribution < -0.4 is 10.2 Å². The van der Waals surface area contributed by atoms with Crippen LogP contribution in [0, 0.1) is 27.4 Å². The second-order valence-electron chi connectivity index (χ2n) is 10.2. The number of anilines is 2. The van der Waals surface area contributed by atoms with Gasteiger partial charge in [0.2, 0.25) is 0 Å². The fourth-order valence-corrected chi connectivity index (χ4v) is 8.21. The summed E-state index contributed by atoms with van der Waals surface area (Å²) in [7, 11) is 10.5. The molecule has 0 bridgehead atoms. The van der Waals surface area contributed by atoms with Crippen molar-refractivity contribution in [2.45, 2.75) is 51.3 Å². The number of halogens is 2. The molecule has 1 saturated heterocycles. The second kappa shape index (κ2) is 15.9. The van der Waals surface area contributed by atoms with Gasteiger partial charge in [0.15, 0.2) is 0 Å². The molecule has 1 aliphatic heterocycles. The predicted molar refractivity (Wildman–Crippen MR) is 180 cm³/mol. The van der Waals surface area contributed by atoms with Gasteiger partial charge in [-0.1, -0.05) is 17.7 Å². The summed E-state index contributed by atoms with van der Waals surface area (Å²) in [6, 6.07) is 17.4. The van der Waals surface area contributed by atoms with E-state index < -0.39 is 28.6 Å². The molecule has 6 nitrogen and oxygen atoms in total. The van der Waals surface area contributed by atoms with E-state index in [1.54, 1.807) is 49.6 Å². The Labute approximate surface area is 269 Å². The van der Waals surface area contributed by atoms with Gasteiger partial charge < -0.3 is 9.21 Å². The number of rotatable bonds is 9. The van der Waals surface area contributed by atoms with Gasteiger partial charge >= 0.3 is 168 Å². The van der Waals surface area contributed by atoms with Gasteiger partial charge in [0.25, 0.3) is 0 Å². The first-order chi connectivity index (χ1) is 19.9. The van der Waals surface area contributed by atoms with E-state index in [1.807, 2.05) is 30.3 Å². The number of aromatic hydroxyl groups is 1. The molecule has 1 heterocycles. The summed E-state index contributed by atoms with van der Waals surface area (Å²) in [5, 5.41) is 2.85. The van der Waals surface area contributed by atoms with Crippen LogP contribution in [-0.4, -0.2) is 53.8 Å². The van der Waals surface area contributed by atoms with E-state index in [1.165, 1.54) is 22.4 Å². The topological polar surface area (TPSA) is 65.5 Å². The Morgan fingerprint density at radius 2 is 1.74 bits per heavy atom. The van der Waals surface area contributed by atoms with Crippen molar-refractivity contribution < 1.29 is 26.7 Å². The summed E-state index contributed by atoms with van der Waals surface area (Å²) in [4.78, 5) is 2.65. The Morgan fingerprint density at radius 3 is 2.31 bits per heavy atom. The molecule has 11 heteroatoms. The monoisotopic (exact) mass is 739 g/mol. The first kappa shape index (κ1) is 34.9. The molecule has 0 saturated carbocycles. The molecule has 0 atom stereocenters. The van der Waals surface area contributed by atoms with Gasteiger partial charge in [-0.3, -0.25) is 0 Å². The molecule has 0 aromatic heterocycles. The molecule has 1 aliphatic rings. The number of sulfone groups is 1. The van der Waals surface area contributed by atoms with Crippen LogP contribution >= 0.6 is 31.3 Å². The van der Waals surface area contributed by atoms with Crippen molar-refractivity contribution in [1.82, 2.24) is 4.31 Å². The van der Waals surface area contributed by atoms with Gasteiger partial charge in [-0.15, -0.1) is 11.9 Å². The summed E-state index contributed by atoms with van der Waals surface area (Å²) < 4.78 is 33.2. The molecule has 0 aliphatic carbocycles. The first-order valence-corrected chi connectivity index (χ1v) is 21.7. The Morgan fingerprint density at radius 1 is 1.07 bits per heavy atom. The number of aliphatic hydroxyl groups is 1. The molecule has 4 rings (SSSR count). The summed E-state index contributed by atoms with van der Waals surface area (Å²) in [5.41, 5.74) is 8.06. The molecule has 2 N–H and O–H groups in total. The summed E-state index contributed by atoms with van der Waals surface area (Å²) >= 11 is -0.322. The average Bonchev–Trinajstić information content (AvgIpc) is 3.40. The molecule has 42 heavy (non-hydrogen) atoms.